The summed E-state index contributed by atoms with van der Waals surface area (Å²) < 4.78 is 5.29. The second kappa shape index (κ2) is 8.85. The van der Waals surface area contributed by atoms with E-state index >= 15 is 0 Å². The van der Waals surface area contributed by atoms with Gasteiger partial charge in [0.15, 0.2) is 0 Å². The van der Waals surface area contributed by atoms with Gasteiger partial charge in [-0.2, -0.15) is 0 Å². The number of hydrogen-bond donors (Lipinski definition) is 2. The highest BCUT2D eigenvalue weighted by Crippen LogP contribution is 2.29. The second-order valence-corrected chi connectivity index (χ2v) is 8.74. The lowest BCUT2D eigenvalue weighted by Gasteiger charge is -2.29. The number of fused-ring (bicyclic) bond motifs is 1. The van der Waals surface area contributed by atoms with Crippen LogP contribution in [0.3, 0.4) is 0 Å². The Morgan fingerprint density at radius 3 is 2.70 bits per heavy atom. The highest BCUT2D eigenvalue weighted by atomic mass is 16.6. The number of benzene rings is 1. The zero-order valence-corrected chi connectivity index (χ0v) is 17.7. The third kappa shape index (κ3) is 5.37. The van der Waals surface area contributed by atoms with E-state index in [4.69, 9.17) is 4.74 Å². The zero-order valence-electron chi connectivity index (χ0n) is 17.7. The second-order valence-electron chi connectivity index (χ2n) is 8.74. The maximum Gasteiger partial charge on any atom is 0.306 e. The molecule has 1 aromatic carbocycles. The molecule has 0 aliphatic carbocycles. The molecule has 3 rings (SSSR count). The van der Waals surface area contributed by atoms with Crippen LogP contribution in [0.5, 0.6) is 0 Å². The molecule has 0 spiro atoms. The Hall–Kier alpha value is -2.90. The first-order valence-corrected chi connectivity index (χ1v) is 10.4. The summed E-state index contributed by atoms with van der Waals surface area (Å²) in [6.07, 6.45) is 2.53. The van der Waals surface area contributed by atoms with Crippen LogP contribution in [0, 0.1) is 0 Å². The molecule has 8 nitrogen and oxygen atoms in total. The molecule has 0 bridgehead atoms. The topological polar surface area (TPSA) is 105 Å². The van der Waals surface area contributed by atoms with Gasteiger partial charge in [0.2, 0.25) is 11.8 Å². The number of piperidine rings is 1. The fraction of sp³-hybridized carbons (Fsp3) is 0.545. The molecule has 1 atom stereocenters. The number of esters is 1. The molecule has 1 aromatic rings. The zero-order chi connectivity index (χ0) is 21.9. The van der Waals surface area contributed by atoms with E-state index in [9.17, 15) is 19.2 Å². The predicted octanol–water partition coefficient (Wildman–Crippen LogP) is 2.37. The van der Waals surface area contributed by atoms with E-state index in [1.165, 1.54) is 4.90 Å². The van der Waals surface area contributed by atoms with Crippen molar-refractivity contribution in [2.45, 2.75) is 71.1 Å². The van der Waals surface area contributed by atoms with Gasteiger partial charge < -0.3 is 15.0 Å². The van der Waals surface area contributed by atoms with Gasteiger partial charge in [0, 0.05) is 37.2 Å². The number of imide groups is 1. The van der Waals surface area contributed by atoms with Crippen LogP contribution in [-0.2, 0) is 25.7 Å². The van der Waals surface area contributed by atoms with Crippen molar-refractivity contribution >= 4 is 29.4 Å². The standard InChI is InChI=1S/C22H29N3O5/c1-22(2,3)30-19(27)6-4-5-11-23-15-7-8-16-14(12-15)13-25(21(16)29)17-9-10-18(26)24-20(17)28/h7-8,12,17,23H,4-6,9-11,13H2,1-3H3,(H,24,26,28). The van der Waals surface area contributed by atoms with Gasteiger partial charge in [0.05, 0.1) is 0 Å². The van der Waals surface area contributed by atoms with Crippen LogP contribution in [0.1, 0.15) is 68.8 Å². The normalized spacial score (nSPS) is 18.8. The van der Waals surface area contributed by atoms with Gasteiger partial charge in [-0.1, -0.05) is 0 Å². The highest BCUT2D eigenvalue weighted by molar-refractivity contribution is 6.05. The Bertz CT molecular complexity index is 859. The Morgan fingerprint density at radius 2 is 2.00 bits per heavy atom. The number of carbonyl (C=O) groups excluding carboxylic acids is 4. The van der Waals surface area contributed by atoms with Crippen LogP contribution in [0.2, 0.25) is 0 Å². The van der Waals surface area contributed by atoms with Crippen molar-refractivity contribution in [1.29, 1.82) is 0 Å². The number of nitrogens with one attached hydrogen (secondary N) is 2. The van der Waals surface area contributed by atoms with Gasteiger partial charge in [-0.3, -0.25) is 24.5 Å². The van der Waals surface area contributed by atoms with Gasteiger partial charge in [0.25, 0.3) is 5.91 Å². The maximum absolute atomic E-state index is 12.7. The Kier molecular flexibility index (Phi) is 6.43. The lowest BCUT2D eigenvalue weighted by molar-refractivity contribution is -0.155. The van der Waals surface area contributed by atoms with Crippen LogP contribution < -0.4 is 10.6 Å². The predicted molar refractivity (Wildman–Crippen MR) is 111 cm³/mol. The molecule has 3 amide bonds. The van der Waals surface area contributed by atoms with E-state index in [2.05, 4.69) is 10.6 Å². The van der Waals surface area contributed by atoms with E-state index in [1.807, 2.05) is 32.9 Å². The Labute approximate surface area is 176 Å². The molecule has 1 unspecified atom stereocenters. The number of anilines is 1. The van der Waals surface area contributed by atoms with Gasteiger partial charge >= 0.3 is 5.97 Å². The molecule has 2 aliphatic rings. The summed E-state index contributed by atoms with van der Waals surface area (Å²) in [5.41, 5.74) is 1.89. The molecule has 2 heterocycles. The van der Waals surface area contributed by atoms with Crippen molar-refractivity contribution in [1.82, 2.24) is 10.2 Å². The van der Waals surface area contributed by atoms with E-state index in [1.54, 1.807) is 6.07 Å². The molecule has 8 heteroatoms. The van der Waals surface area contributed by atoms with E-state index in [0.29, 0.717) is 31.5 Å². The highest BCUT2D eigenvalue weighted by Gasteiger charge is 2.39. The fourth-order valence-corrected chi connectivity index (χ4v) is 3.70. The molecule has 162 valence electrons. The number of ether oxygens (including phenoxy) is 1. The van der Waals surface area contributed by atoms with Crippen molar-refractivity contribution in [2.75, 3.05) is 11.9 Å². The molecule has 2 aliphatic heterocycles. The van der Waals surface area contributed by atoms with Gasteiger partial charge in [-0.05, 0) is 63.8 Å². The summed E-state index contributed by atoms with van der Waals surface area (Å²) in [7, 11) is 0. The number of unbranched alkanes of at least 4 members (excludes halogenated alkanes) is 1. The average Bonchev–Trinajstić information content (AvgIpc) is 2.96. The Morgan fingerprint density at radius 1 is 1.23 bits per heavy atom. The first-order valence-electron chi connectivity index (χ1n) is 10.4. The van der Waals surface area contributed by atoms with Crippen LogP contribution in [0.4, 0.5) is 5.69 Å². The molecular formula is C22H29N3O5. The van der Waals surface area contributed by atoms with Crippen LogP contribution in [0.15, 0.2) is 18.2 Å². The quantitative estimate of drug-likeness (QED) is 0.402. The minimum atomic E-state index is -0.605. The first kappa shape index (κ1) is 21.8. The Balaban J connectivity index is 1.49. The van der Waals surface area contributed by atoms with E-state index < -0.39 is 17.6 Å². The summed E-state index contributed by atoms with van der Waals surface area (Å²) in [6, 6.07) is 4.94. The molecule has 30 heavy (non-hydrogen) atoms. The average molecular weight is 415 g/mol. The summed E-state index contributed by atoms with van der Waals surface area (Å²) in [6.45, 7) is 6.62. The molecular weight excluding hydrogens is 386 g/mol. The number of nitrogens with zero attached hydrogens (tertiary/aromatic N) is 1. The van der Waals surface area contributed by atoms with Crippen molar-refractivity contribution in [2.24, 2.45) is 0 Å². The molecule has 0 radical (unpaired) electrons. The first-order chi connectivity index (χ1) is 14.1. The molecule has 1 saturated heterocycles. The van der Waals surface area contributed by atoms with Crippen molar-refractivity contribution in [3.8, 4) is 0 Å². The smallest absolute Gasteiger partial charge is 0.306 e. The minimum absolute atomic E-state index is 0.177. The summed E-state index contributed by atoms with van der Waals surface area (Å²) in [5.74, 6) is -1.06. The van der Waals surface area contributed by atoms with Crippen molar-refractivity contribution in [3.63, 3.8) is 0 Å². The SMILES string of the molecule is CC(C)(C)OC(=O)CCCCNc1ccc2c(c1)CN(C1CCC(=O)NC1=O)C2=O. The number of rotatable bonds is 7. The largest absolute Gasteiger partial charge is 0.460 e. The molecule has 0 aromatic heterocycles. The minimum Gasteiger partial charge on any atom is -0.460 e. The van der Waals surface area contributed by atoms with Crippen LogP contribution in [-0.4, -0.2) is 46.8 Å². The number of carbonyl (C=O) groups is 4. The van der Waals surface area contributed by atoms with Crippen LogP contribution >= 0.6 is 0 Å². The lowest BCUT2D eigenvalue weighted by atomic mass is 10.0. The lowest BCUT2D eigenvalue weighted by Crippen LogP contribution is -2.52. The molecule has 0 saturated carbocycles. The summed E-state index contributed by atoms with van der Waals surface area (Å²) >= 11 is 0. The van der Waals surface area contributed by atoms with Crippen LogP contribution in [0.25, 0.3) is 0 Å². The van der Waals surface area contributed by atoms with Gasteiger partial charge in [-0.15, -0.1) is 0 Å². The number of amides is 3. The molecule has 1 fully saturated rings. The monoisotopic (exact) mass is 415 g/mol. The maximum atomic E-state index is 12.7. The third-order valence-corrected chi connectivity index (χ3v) is 5.08. The summed E-state index contributed by atoms with van der Waals surface area (Å²) in [5, 5.41) is 5.62. The summed E-state index contributed by atoms with van der Waals surface area (Å²) in [4.78, 5) is 49.4. The molecule has 2 N–H and O–H groups in total. The van der Waals surface area contributed by atoms with Crippen molar-refractivity contribution in [3.05, 3.63) is 29.3 Å². The number of hydrogen-bond acceptors (Lipinski definition) is 6. The van der Waals surface area contributed by atoms with E-state index in [-0.39, 0.29) is 24.2 Å². The fourth-order valence-electron chi connectivity index (χ4n) is 3.70. The van der Waals surface area contributed by atoms with Gasteiger partial charge in [0.1, 0.15) is 11.6 Å². The van der Waals surface area contributed by atoms with E-state index in [0.717, 1.165) is 24.1 Å². The van der Waals surface area contributed by atoms with Crippen molar-refractivity contribution < 1.29 is 23.9 Å². The third-order valence-electron chi connectivity index (χ3n) is 5.08. The van der Waals surface area contributed by atoms with Gasteiger partial charge in [-0.25, -0.2) is 0 Å².